The Hall–Kier alpha value is -2.38. The van der Waals surface area contributed by atoms with Gasteiger partial charge in [-0.05, 0) is 63.7 Å². The molecule has 1 fully saturated rings. The average molecular weight is 438 g/mol. The second-order valence-corrected chi connectivity index (χ2v) is 9.87. The maximum Gasteiger partial charge on any atom is 0.495 e. The van der Waals surface area contributed by atoms with Crippen LogP contribution in [0.5, 0.6) is 11.5 Å². The number of carbonyl (C=O) groups is 1. The predicted octanol–water partition coefficient (Wildman–Crippen LogP) is 4.26. The van der Waals surface area contributed by atoms with Crippen molar-refractivity contribution in [3.8, 4) is 11.5 Å². The van der Waals surface area contributed by atoms with Crippen molar-refractivity contribution in [1.82, 2.24) is 0 Å². The molecule has 1 unspecified atom stereocenters. The Morgan fingerprint density at radius 2 is 1.91 bits per heavy atom. The lowest BCUT2D eigenvalue weighted by Gasteiger charge is -2.32. The standard InChI is InChI=1S/C25H28BFO5/c1-24(2)25(3,4)32-26(31-24)19-8-9-20(27)23-18(19)7-10-21(23)30-16-5-6-17-15(11-12-28)14-29-22(17)13-16/h5-6,8-9,12-13,15,21H,7,10-11,14H2,1-4H3/t15-,21?/m1/s1. The van der Waals surface area contributed by atoms with Crippen molar-refractivity contribution in [2.24, 2.45) is 0 Å². The summed E-state index contributed by atoms with van der Waals surface area (Å²) < 4.78 is 39.4. The Morgan fingerprint density at radius 3 is 2.62 bits per heavy atom. The first-order valence-corrected chi connectivity index (χ1v) is 11.2. The molecule has 3 aliphatic rings. The van der Waals surface area contributed by atoms with E-state index in [1.54, 1.807) is 6.07 Å². The fraction of sp³-hybridized carbons (Fsp3) is 0.480. The van der Waals surface area contributed by atoms with Crippen molar-refractivity contribution in [3.63, 3.8) is 0 Å². The van der Waals surface area contributed by atoms with Crippen molar-refractivity contribution in [1.29, 1.82) is 0 Å². The summed E-state index contributed by atoms with van der Waals surface area (Å²) in [5.41, 5.74) is 2.47. The molecule has 5 rings (SSSR count). The Morgan fingerprint density at radius 1 is 1.16 bits per heavy atom. The molecule has 168 valence electrons. The van der Waals surface area contributed by atoms with Crippen LogP contribution in [0.15, 0.2) is 30.3 Å². The predicted molar refractivity (Wildman–Crippen MR) is 119 cm³/mol. The van der Waals surface area contributed by atoms with Gasteiger partial charge in [-0.1, -0.05) is 12.1 Å². The average Bonchev–Trinajstić information content (AvgIpc) is 3.38. The quantitative estimate of drug-likeness (QED) is 0.516. The van der Waals surface area contributed by atoms with E-state index in [9.17, 15) is 9.18 Å². The van der Waals surface area contributed by atoms with Gasteiger partial charge in [0.15, 0.2) is 0 Å². The highest BCUT2D eigenvalue weighted by Crippen LogP contribution is 2.42. The second kappa shape index (κ2) is 7.60. The number of fused-ring (bicyclic) bond motifs is 2. The van der Waals surface area contributed by atoms with E-state index in [0.717, 1.165) is 28.6 Å². The molecular weight excluding hydrogens is 410 g/mol. The molecule has 0 N–H and O–H groups in total. The lowest BCUT2D eigenvalue weighted by Crippen LogP contribution is -2.41. The van der Waals surface area contributed by atoms with E-state index in [-0.39, 0.29) is 11.7 Å². The number of carbonyl (C=O) groups excluding carboxylic acids is 1. The molecule has 2 atom stereocenters. The summed E-state index contributed by atoms with van der Waals surface area (Å²) in [5.74, 6) is 1.18. The van der Waals surface area contributed by atoms with Gasteiger partial charge in [-0.25, -0.2) is 4.39 Å². The minimum atomic E-state index is -0.531. The molecule has 1 saturated heterocycles. The number of aldehydes is 1. The van der Waals surface area contributed by atoms with Gasteiger partial charge in [0.05, 0.1) is 17.8 Å². The maximum atomic E-state index is 15.0. The lowest BCUT2D eigenvalue weighted by molar-refractivity contribution is -0.108. The fourth-order valence-corrected chi connectivity index (χ4v) is 4.81. The van der Waals surface area contributed by atoms with Crippen LogP contribution >= 0.6 is 0 Å². The minimum absolute atomic E-state index is 0.0867. The highest BCUT2D eigenvalue weighted by atomic mass is 19.1. The zero-order valence-electron chi connectivity index (χ0n) is 18.9. The van der Waals surface area contributed by atoms with Gasteiger partial charge in [0, 0.05) is 29.5 Å². The highest BCUT2D eigenvalue weighted by molar-refractivity contribution is 6.62. The molecule has 0 saturated carbocycles. The van der Waals surface area contributed by atoms with Gasteiger partial charge < -0.3 is 23.6 Å². The first-order chi connectivity index (χ1) is 15.2. The van der Waals surface area contributed by atoms with Gasteiger partial charge in [0.2, 0.25) is 0 Å². The first-order valence-electron chi connectivity index (χ1n) is 11.2. The topological polar surface area (TPSA) is 54.0 Å². The van der Waals surface area contributed by atoms with Crippen LogP contribution in [0, 0.1) is 5.82 Å². The van der Waals surface area contributed by atoms with Crippen LogP contribution in [0.4, 0.5) is 4.39 Å². The van der Waals surface area contributed by atoms with Crippen molar-refractivity contribution in [2.45, 2.75) is 70.2 Å². The van der Waals surface area contributed by atoms with Crippen molar-refractivity contribution < 1.29 is 28.0 Å². The van der Waals surface area contributed by atoms with Crippen molar-refractivity contribution in [2.75, 3.05) is 6.61 Å². The summed E-state index contributed by atoms with van der Waals surface area (Å²) in [6.45, 7) is 8.54. The lowest BCUT2D eigenvalue weighted by atomic mass is 9.75. The van der Waals surface area contributed by atoms with E-state index < -0.39 is 24.4 Å². The van der Waals surface area contributed by atoms with Gasteiger partial charge in [0.1, 0.15) is 29.7 Å². The zero-order chi connectivity index (χ0) is 22.7. The zero-order valence-corrected chi connectivity index (χ0v) is 18.9. The monoisotopic (exact) mass is 438 g/mol. The van der Waals surface area contributed by atoms with Crippen molar-refractivity contribution >= 4 is 18.9 Å². The SMILES string of the molecule is CC1(C)OB(c2ccc(F)c3c2CCC3Oc2ccc3c(c2)OC[C@H]3CC=O)OC1(C)C. The molecule has 1 aliphatic carbocycles. The van der Waals surface area contributed by atoms with E-state index in [1.807, 2.05) is 45.9 Å². The van der Waals surface area contributed by atoms with Crippen LogP contribution in [0.3, 0.4) is 0 Å². The molecule has 2 aromatic rings. The van der Waals surface area contributed by atoms with Crippen molar-refractivity contribution in [3.05, 3.63) is 52.8 Å². The third-order valence-corrected chi connectivity index (χ3v) is 7.35. The second-order valence-electron chi connectivity index (χ2n) is 9.87. The third-order valence-electron chi connectivity index (χ3n) is 7.35. The fourth-order valence-electron chi connectivity index (χ4n) is 4.81. The van der Waals surface area contributed by atoms with Crippen LogP contribution in [0.2, 0.25) is 0 Å². The molecule has 5 nitrogen and oxygen atoms in total. The first kappa shape index (κ1) is 21.5. The third kappa shape index (κ3) is 3.42. The largest absolute Gasteiger partial charge is 0.495 e. The van der Waals surface area contributed by atoms with E-state index in [4.69, 9.17) is 18.8 Å². The van der Waals surface area contributed by atoms with Crippen LogP contribution < -0.4 is 14.9 Å². The summed E-state index contributed by atoms with van der Waals surface area (Å²) >= 11 is 0. The van der Waals surface area contributed by atoms with E-state index >= 15 is 0 Å². The Bertz CT molecular complexity index is 1050. The van der Waals surface area contributed by atoms with Crippen LogP contribution in [0.1, 0.15) is 69.2 Å². The Labute approximate surface area is 188 Å². The van der Waals surface area contributed by atoms with Crippen LogP contribution in [-0.2, 0) is 20.5 Å². The molecule has 0 amide bonds. The summed E-state index contributed by atoms with van der Waals surface area (Å²) in [6.07, 6.45) is 2.34. The molecule has 2 aliphatic heterocycles. The van der Waals surface area contributed by atoms with E-state index in [1.165, 1.54) is 6.07 Å². The van der Waals surface area contributed by atoms with Gasteiger partial charge in [-0.15, -0.1) is 0 Å². The van der Waals surface area contributed by atoms with Gasteiger partial charge in [0.25, 0.3) is 0 Å². The van der Waals surface area contributed by atoms with Gasteiger partial charge in [-0.2, -0.15) is 0 Å². The smallest absolute Gasteiger partial charge is 0.492 e. The van der Waals surface area contributed by atoms with Gasteiger partial charge in [-0.3, -0.25) is 0 Å². The molecule has 32 heavy (non-hydrogen) atoms. The number of hydrogen-bond donors (Lipinski definition) is 0. The van der Waals surface area contributed by atoms with Crippen LogP contribution in [-0.4, -0.2) is 31.2 Å². The maximum absolute atomic E-state index is 15.0. The molecule has 7 heteroatoms. The van der Waals surface area contributed by atoms with E-state index in [0.29, 0.717) is 37.2 Å². The molecular formula is C25H28BFO5. The summed E-state index contributed by atoms with van der Waals surface area (Å²) in [5, 5.41) is 0. The van der Waals surface area contributed by atoms with E-state index in [2.05, 4.69) is 0 Å². The molecule has 0 spiro atoms. The number of halogens is 1. The number of benzene rings is 2. The summed E-state index contributed by atoms with van der Waals surface area (Å²) in [7, 11) is -0.531. The summed E-state index contributed by atoms with van der Waals surface area (Å²) in [6, 6.07) is 8.91. The Balaban J connectivity index is 1.41. The number of ether oxygens (including phenoxy) is 2. The van der Waals surface area contributed by atoms with Crippen LogP contribution in [0.25, 0.3) is 0 Å². The normalized spacial score (nSPS) is 24.7. The molecule has 0 radical (unpaired) electrons. The van der Waals surface area contributed by atoms with Gasteiger partial charge >= 0.3 is 7.12 Å². The highest BCUT2D eigenvalue weighted by Gasteiger charge is 2.52. The Kier molecular flexibility index (Phi) is 5.10. The molecule has 2 heterocycles. The summed E-state index contributed by atoms with van der Waals surface area (Å²) in [4.78, 5) is 10.9. The number of rotatable bonds is 5. The number of hydrogen-bond acceptors (Lipinski definition) is 5. The molecule has 0 aromatic heterocycles. The minimum Gasteiger partial charge on any atom is -0.492 e. The molecule has 0 bridgehead atoms. The molecule has 2 aromatic carbocycles.